The van der Waals surface area contributed by atoms with E-state index in [1.165, 1.54) is 19.2 Å². The van der Waals surface area contributed by atoms with Crippen molar-refractivity contribution in [1.29, 1.82) is 0 Å². The van der Waals surface area contributed by atoms with E-state index >= 15 is 0 Å². The predicted molar refractivity (Wildman–Crippen MR) is 103 cm³/mol. The largest absolute Gasteiger partial charge is 0.507 e. The summed E-state index contributed by atoms with van der Waals surface area (Å²) in [6.07, 6.45) is -4.04. The molecule has 0 aliphatic heterocycles. The number of halogens is 5. The van der Waals surface area contributed by atoms with E-state index in [0.717, 1.165) is 23.1 Å². The van der Waals surface area contributed by atoms with Crippen molar-refractivity contribution in [2.24, 2.45) is 0 Å². The molecule has 2 amide bonds. The average molecular weight is 445 g/mol. The van der Waals surface area contributed by atoms with Crippen LogP contribution in [-0.2, 0) is 0 Å². The Kier molecular flexibility index (Phi) is 7.92. The number of rotatable bonds is 8. The first-order valence-electron chi connectivity index (χ1n) is 9.08. The summed E-state index contributed by atoms with van der Waals surface area (Å²) in [4.78, 5) is 25.3. The third-order valence-electron chi connectivity index (χ3n) is 4.08. The van der Waals surface area contributed by atoms with Crippen molar-refractivity contribution in [2.45, 2.75) is 12.6 Å². The van der Waals surface area contributed by atoms with E-state index in [4.69, 9.17) is 0 Å². The number of phenols is 1. The van der Waals surface area contributed by atoms with Gasteiger partial charge in [0.1, 0.15) is 17.4 Å². The summed E-state index contributed by atoms with van der Waals surface area (Å²) in [6, 6.07) is 5.91. The molecule has 0 unspecified atom stereocenters. The number of amides is 2. The summed E-state index contributed by atoms with van der Waals surface area (Å²) in [5.41, 5.74) is -0.301. The zero-order valence-corrected chi connectivity index (χ0v) is 16.4. The lowest BCUT2D eigenvalue weighted by atomic mass is 10.1. The zero-order valence-electron chi connectivity index (χ0n) is 16.4. The molecular weight excluding hydrogens is 425 g/mol. The second kappa shape index (κ2) is 10.2. The molecule has 2 rings (SSSR count). The molecule has 2 aromatic carbocycles. The highest BCUT2D eigenvalue weighted by molar-refractivity contribution is 6.05. The number of carbonyl (C=O) groups excluding carboxylic acids is 2. The quantitative estimate of drug-likeness (QED) is 0.429. The lowest BCUT2D eigenvalue weighted by Crippen LogP contribution is -2.33. The lowest BCUT2D eigenvalue weighted by molar-refractivity contribution is -0.143. The van der Waals surface area contributed by atoms with Crippen LogP contribution in [0.15, 0.2) is 36.4 Å². The van der Waals surface area contributed by atoms with Crippen molar-refractivity contribution < 1.29 is 36.6 Å². The molecule has 0 aromatic heterocycles. The number of hydrogen-bond donors (Lipinski definition) is 3. The van der Waals surface area contributed by atoms with Gasteiger partial charge in [-0.15, -0.1) is 0 Å². The van der Waals surface area contributed by atoms with Crippen molar-refractivity contribution in [3.63, 3.8) is 0 Å². The van der Waals surface area contributed by atoms with Crippen LogP contribution in [0.5, 0.6) is 5.75 Å². The Hall–Kier alpha value is -3.21. The van der Waals surface area contributed by atoms with Crippen molar-refractivity contribution in [3.05, 3.63) is 59.2 Å². The highest BCUT2D eigenvalue weighted by Gasteiger charge is 2.28. The van der Waals surface area contributed by atoms with Crippen molar-refractivity contribution >= 4 is 17.5 Å². The standard InChI is InChI=1S/C20H20F5N3O3/c1-28(11-20(23,24)25)6-2-5-26-19(31)16-4-3-15(10-17(16)29)27-18(30)12-7-13(21)9-14(22)8-12/h3-4,7-10,29H,2,5-6,11H2,1H3,(H,26,31)(H,27,30). The second-order valence-corrected chi connectivity index (χ2v) is 6.81. The summed E-state index contributed by atoms with van der Waals surface area (Å²) in [5, 5.41) is 14.9. The van der Waals surface area contributed by atoms with E-state index < -0.39 is 41.9 Å². The highest BCUT2D eigenvalue weighted by atomic mass is 19.4. The van der Waals surface area contributed by atoms with Crippen LogP contribution >= 0.6 is 0 Å². The van der Waals surface area contributed by atoms with Gasteiger partial charge in [-0.25, -0.2) is 8.78 Å². The molecule has 0 heterocycles. The third kappa shape index (κ3) is 7.85. The molecule has 0 atom stereocenters. The Morgan fingerprint density at radius 3 is 2.26 bits per heavy atom. The fraction of sp³-hybridized carbons (Fsp3) is 0.300. The average Bonchev–Trinajstić information content (AvgIpc) is 2.63. The highest BCUT2D eigenvalue weighted by Crippen LogP contribution is 2.23. The molecule has 0 saturated carbocycles. The topological polar surface area (TPSA) is 81.7 Å². The zero-order chi connectivity index (χ0) is 23.2. The van der Waals surface area contributed by atoms with Crippen LogP contribution in [0.4, 0.5) is 27.6 Å². The van der Waals surface area contributed by atoms with Crippen molar-refractivity contribution in [2.75, 3.05) is 32.0 Å². The van der Waals surface area contributed by atoms with Gasteiger partial charge in [-0.2, -0.15) is 13.2 Å². The van der Waals surface area contributed by atoms with Crippen LogP contribution < -0.4 is 10.6 Å². The predicted octanol–water partition coefficient (Wildman–Crippen LogP) is 3.54. The number of hydrogen-bond acceptors (Lipinski definition) is 4. The van der Waals surface area contributed by atoms with Crippen molar-refractivity contribution in [3.8, 4) is 5.75 Å². The van der Waals surface area contributed by atoms with Crippen LogP contribution in [0.25, 0.3) is 0 Å². The molecule has 3 N–H and O–H groups in total. The molecule has 11 heteroatoms. The fourth-order valence-corrected chi connectivity index (χ4v) is 2.72. The van der Waals surface area contributed by atoms with Crippen LogP contribution in [0, 0.1) is 11.6 Å². The normalized spacial score (nSPS) is 11.5. The van der Waals surface area contributed by atoms with Crippen LogP contribution in [0.1, 0.15) is 27.1 Å². The van der Waals surface area contributed by atoms with Gasteiger partial charge in [0, 0.05) is 29.9 Å². The summed E-state index contributed by atoms with van der Waals surface area (Å²) in [6.45, 7) is -0.862. The van der Waals surface area contributed by atoms with Gasteiger partial charge in [0.2, 0.25) is 0 Å². The Bertz CT molecular complexity index is 930. The maximum Gasteiger partial charge on any atom is 0.401 e. The number of nitrogens with one attached hydrogen (secondary N) is 2. The molecule has 6 nitrogen and oxygen atoms in total. The Morgan fingerprint density at radius 2 is 1.68 bits per heavy atom. The van der Waals surface area contributed by atoms with Gasteiger partial charge in [-0.1, -0.05) is 0 Å². The number of benzene rings is 2. The Labute approximate surface area is 174 Å². The van der Waals surface area contributed by atoms with E-state index in [9.17, 15) is 36.6 Å². The smallest absolute Gasteiger partial charge is 0.401 e. The minimum absolute atomic E-state index is 0.0810. The first-order chi connectivity index (χ1) is 14.4. The van der Waals surface area contributed by atoms with Crippen LogP contribution in [-0.4, -0.2) is 54.7 Å². The molecule has 0 saturated heterocycles. The van der Waals surface area contributed by atoms with E-state index in [1.807, 2.05) is 0 Å². The molecule has 0 fully saturated rings. The SMILES string of the molecule is CN(CCCNC(=O)c1ccc(NC(=O)c2cc(F)cc(F)c2)cc1O)CC(F)(F)F. The van der Waals surface area contributed by atoms with Crippen molar-refractivity contribution in [1.82, 2.24) is 10.2 Å². The van der Waals surface area contributed by atoms with Crippen LogP contribution in [0.3, 0.4) is 0 Å². The Morgan fingerprint density at radius 1 is 1.03 bits per heavy atom. The number of nitrogens with zero attached hydrogens (tertiary/aromatic N) is 1. The van der Waals surface area contributed by atoms with Crippen LogP contribution in [0.2, 0.25) is 0 Å². The number of alkyl halides is 3. The monoisotopic (exact) mass is 445 g/mol. The maximum atomic E-state index is 13.2. The fourth-order valence-electron chi connectivity index (χ4n) is 2.72. The van der Waals surface area contributed by atoms with Gasteiger partial charge in [0.05, 0.1) is 12.1 Å². The van der Waals surface area contributed by atoms with Gasteiger partial charge in [-0.3, -0.25) is 14.5 Å². The number of carbonyl (C=O) groups is 2. The molecular formula is C20H20F5N3O3. The number of aromatic hydroxyl groups is 1. The third-order valence-corrected chi connectivity index (χ3v) is 4.08. The van der Waals surface area contributed by atoms with Gasteiger partial charge in [0.25, 0.3) is 11.8 Å². The summed E-state index contributed by atoms with van der Waals surface area (Å²) in [5.74, 6) is -3.79. The molecule has 31 heavy (non-hydrogen) atoms. The lowest BCUT2D eigenvalue weighted by Gasteiger charge is -2.18. The Balaban J connectivity index is 1.90. The van der Waals surface area contributed by atoms with Gasteiger partial charge < -0.3 is 15.7 Å². The molecule has 168 valence electrons. The van der Waals surface area contributed by atoms with Gasteiger partial charge >= 0.3 is 6.18 Å². The number of phenolic OH excluding ortho intramolecular Hbond substituents is 1. The molecule has 0 radical (unpaired) electrons. The minimum Gasteiger partial charge on any atom is -0.507 e. The molecule has 0 aliphatic rings. The summed E-state index contributed by atoms with van der Waals surface area (Å²) < 4.78 is 63.2. The van der Waals surface area contributed by atoms with Gasteiger partial charge in [0.15, 0.2) is 0 Å². The molecule has 2 aromatic rings. The molecule has 0 spiro atoms. The number of anilines is 1. The van der Waals surface area contributed by atoms with Gasteiger partial charge in [-0.05, 0) is 44.3 Å². The maximum absolute atomic E-state index is 13.2. The summed E-state index contributed by atoms with van der Waals surface area (Å²) in [7, 11) is 1.31. The van der Waals surface area contributed by atoms with E-state index in [0.29, 0.717) is 6.07 Å². The van der Waals surface area contributed by atoms with E-state index in [-0.39, 0.29) is 36.3 Å². The summed E-state index contributed by atoms with van der Waals surface area (Å²) >= 11 is 0. The first-order valence-corrected chi connectivity index (χ1v) is 9.08. The first kappa shape index (κ1) is 24.1. The van der Waals surface area contributed by atoms with E-state index in [2.05, 4.69) is 10.6 Å². The second-order valence-electron chi connectivity index (χ2n) is 6.81. The molecule has 0 bridgehead atoms. The molecule has 0 aliphatic carbocycles. The van der Waals surface area contributed by atoms with E-state index in [1.54, 1.807) is 0 Å². The minimum atomic E-state index is -4.30.